The van der Waals surface area contributed by atoms with Gasteiger partial charge in [0.1, 0.15) is 17.5 Å². The highest BCUT2D eigenvalue weighted by Gasteiger charge is 2.66. The lowest BCUT2D eigenvalue weighted by molar-refractivity contribution is -0.297. The summed E-state index contributed by atoms with van der Waals surface area (Å²) in [6, 6.07) is 0. The molecule has 136 valence electrons. The zero-order valence-electron chi connectivity index (χ0n) is 15.7. The van der Waals surface area contributed by atoms with Crippen LogP contribution >= 0.6 is 0 Å². The van der Waals surface area contributed by atoms with Crippen LogP contribution in [0.3, 0.4) is 0 Å². The molecular formula is C20H32O4. The quantitative estimate of drug-likeness (QED) is 0.748. The van der Waals surface area contributed by atoms with Gasteiger partial charge >= 0.3 is 0 Å². The Bertz CT molecular complexity index is 568. The standard InChI is InChI=1S/C20H32O4/c1-17(2)12-6-9-19(4)13(18(12,3)8-7-14(17)21)10-15(22)20(5,24-19)16-11-23-16/h12-13,15-16,22H,6-11H2,1-5H3/t12-,13+,15-,16+,18-,19+,20-/m1/s1. The van der Waals surface area contributed by atoms with Gasteiger partial charge in [0.15, 0.2) is 0 Å². The smallest absolute Gasteiger partial charge is 0.138 e. The molecule has 2 aliphatic heterocycles. The Balaban J connectivity index is 1.70. The molecular weight excluding hydrogens is 304 g/mol. The van der Waals surface area contributed by atoms with Crippen molar-refractivity contribution >= 4 is 5.78 Å². The molecule has 2 saturated carbocycles. The lowest BCUT2D eigenvalue weighted by Gasteiger charge is -2.65. The van der Waals surface area contributed by atoms with Crippen LogP contribution in [0.1, 0.15) is 66.7 Å². The Labute approximate surface area is 145 Å². The van der Waals surface area contributed by atoms with Crippen molar-refractivity contribution in [3.8, 4) is 0 Å². The fourth-order valence-electron chi connectivity index (χ4n) is 6.64. The first-order valence-electron chi connectivity index (χ1n) is 9.57. The van der Waals surface area contributed by atoms with Crippen LogP contribution in [0.4, 0.5) is 0 Å². The van der Waals surface area contributed by atoms with E-state index in [0.717, 1.165) is 25.7 Å². The Morgan fingerprint density at radius 3 is 2.38 bits per heavy atom. The number of epoxide rings is 1. The summed E-state index contributed by atoms with van der Waals surface area (Å²) in [6.07, 6.45) is 3.85. The maximum Gasteiger partial charge on any atom is 0.138 e. The Kier molecular flexibility index (Phi) is 3.42. The summed E-state index contributed by atoms with van der Waals surface area (Å²) in [5.74, 6) is 1.07. The summed E-state index contributed by atoms with van der Waals surface area (Å²) in [5, 5.41) is 10.9. The van der Waals surface area contributed by atoms with Crippen LogP contribution in [-0.2, 0) is 14.3 Å². The van der Waals surface area contributed by atoms with Gasteiger partial charge in [-0.25, -0.2) is 0 Å². The van der Waals surface area contributed by atoms with Gasteiger partial charge in [0.2, 0.25) is 0 Å². The van der Waals surface area contributed by atoms with Gasteiger partial charge in [0.05, 0.1) is 18.3 Å². The number of rotatable bonds is 1. The van der Waals surface area contributed by atoms with Crippen molar-refractivity contribution < 1.29 is 19.4 Å². The zero-order chi connectivity index (χ0) is 17.5. The van der Waals surface area contributed by atoms with Crippen molar-refractivity contribution in [3.05, 3.63) is 0 Å². The minimum absolute atomic E-state index is 0.0279. The maximum atomic E-state index is 12.5. The van der Waals surface area contributed by atoms with Crippen LogP contribution < -0.4 is 0 Å². The van der Waals surface area contributed by atoms with Gasteiger partial charge in [0, 0.05) is 11.8 Å². The van der Waals surface area contributed by atoms with Gasteiger partial charge in [-0.1, -0.05) is 20.8 Å². The van der Waals surface area contributed by atoms with Gasteiger partial charge in [-0.05, 0) is 56.8 Å². The largest absolute Gasteiger partial charge is 0.390 e. The van der Waals surface area contributed by atoms with E-state index in [4.69, 9.17) is 9.47 Å². The molecule has 4 nitrogen and oxygen atoms in total. The number of ketones is 1. The predicted octanol–water partition coefficient (Wildman–Crippen LogP) is 3.11. The summed E-state index contributed by atoms with van der Waals surface area (Å²) >= 11 is 0. The topological polar surface area (TPSA) is 59.1 Å². The first kappa shape index (κ1) is 17.0. The number of aliphatic hydroxyl groups is 1. The minimum Gasteiger partial charge on any atom is -0.390 e. The number of hydrogen-bond donors (Lipinski definition) is 1. The van der Waals surface area contributed by atoms with E-state index in [9.17, 15) is 9.90 Å². The number of hydrogen-bond acceptors (Lipinski definition) is 4. The van der Waals surface area contributed by atoms with Crippen LogP contribution in [0.2, 0.25) is 0 Å². The molecule has 0 spiro atoms. The highest BCUT2D eigenvalue weighted by atomic mass is 16.6. The van der Waals surface area contributed by atoms with Crippen LogP contribution in [0.25, 0.3) is 0 Å². The first-order valence-corrected chi connectivity index (χ1v) is 9.57. The highest BCUT2D eigenvalue weighted by Crippen LogP contribution is 2.65. The molecule has 7 atom stereocenters. The minimum atomic E-state index is -0.589. The molecule has 2 saturated heterocycles. The van der Waals surface area contributed by atoms with Crippen molar-refractivity contribution in [2.24, 2.45) is 22.7 Å². The highest BCUT2D eigenvalue weighted by molar-refractivity contribution is 5.85. The summed E-state index contributed by atoms with van der Waals surface area (Å²) in [4.78, 5) is 12.5. The molecule has 4 rings (SSSR count). The number of fused-ring (bicyclic) bond motifs is 3. The molecule has 2 aliphatic carbocycles. The number of carbonyl (C=O) groups excluding carboxylic acids is 1. The van der Waals surface area contributed by atoms with E-state index in [0.29, 0.717) is 24.7 Å². The van der Waals surface area contributed by atoms with E-state index < -0.39 is 11.7 Å². The molecule has 0 aromatic carbocycles. The normalized spacial score (nSPS) is 56.3. The van der Waals surface area contributed by atoms with Crippen molar-refractivity contribution in [1.29, 1.82) is 0 Å². The van der Waals surface area contributed by atoms with Crippen LogP contribution in [0, 0.1) is 22.7 Å². The van der Waals surface area contributed by atoms with Gasteiger partial charge in [0.25, 0.3) is 0 Å². The predicted molar refractivity (Wildman–Crippen MR) is 90.6 cm³/mol. The summed E-state index contributed by atoms with van der Waals surface area (Å²) in [6.45, 7) is 11.5. The fourth-order valence-corrected chi connectivity index (χ4v) is 6.64. The Morgan fingerprint density at radius 2 is 1.75 bits per heavy atom. The molecule has 4 fully saturated rings. The Morgan fingerprint density at radius 1 is 1.08 bits per heavy atom. The molecule has 2 heterocycles. The van der Waals surface area contributed by atoms with E-state index in [1.807, 2.05) is 6.92 Å². The van der Waals surface area contributed by atoms with Crippen molar-refractivity contribution in [3.63, 3.8) is 0 Å². The molecule has 0 radical (unpaired) electrons. The summed E-state index contributed by atoms with van der Waals surface area (Å²) < 4.78 is 12.1. The van der Waals surface area contributed by atoms with Crippen molar-refractivity contribution in [2.75, 3.05) is 6.61 Å². The number of ether oxygens (including phenoxy) is 2. The van der Waals surface area contributed by atoms with Gasteiger partial charge < -0.3 is 14.6 Å². The average Bonchev–Trinajstić information content (AvgIpc) is 3.31. The van der Waals surface area contributed by atoms with E-state index in [-0.39, 0.29) is 28.5 Å². The second-order valence-electron chi connectivity index (χ2n) is 9.97. The summed E-state index contributed by atoms with van der Waals surface area (Å²) in [5.41, 5.74) is -1.03. The molecule has 24 heavy (non-hydrogen) atoms. The van der Waals surface area contributed by atoms with E-state index in [1.54, 1.807) is 0 Å². The van der Waals surface area contributed by atoms with Gasteiger partial charge in [-0.3, -0.25) is 4.79 Å². The lowest BCUT2D eigenvalue weighted by atomic mass is 9.44. The van der Waals surface area contributed by atoms with Crippen LogP contribution in [-0.4, -0.2) is 40.9 Å². The van der Waals surface area contributed by atoms with E-state index in [2.05, 4.69) is 27.7 Å². The average molecular weight is 336 g/mol. The number of Topliss-reactive ketones (excluding diaryl/α,β-unsaturated/α-hetero) is 1. The van der Waals surface area contributed by atoms with Crippen LogP contribution in [0.5, 0.6) is 0 Å². The monoisotopic (exact) mass is 336 g/mol. The molecule has 0 aromatic rings. The molecule has 0 bridgehead atoms. The van der Waals surface area contributed by atoms with Crippen LogP contribution in [0.15, 0.2) is 0 Å². The lowest BCUT2D eigenvalue weighted by Crippen LogP contribution is -2.68. The van der Waals surface area contributed by atoms with Gasteiger partial charge in [-0.2, -0.15) is 0 Å². The molecule has 0 aromatic heterocycles. The molecule has 4 aliphatic rings. The van der Waals surface area contributed by atoms with E-state index >= 15 is 0 Å². The van der Waals surface area contributed by atoms with E-state index in [1.165, 1.54) is 0 Å². The summed E-state index contributed by atoms with van der Waals surface area (Å²) in [7, 11) is 0. The van der Waals surface area contributed by atoms with Crippen molar-refractivity contribution in [1.82, 2.24) is 0 Å². The third-order valence-corrected chi connectivity index (χ3v) is 8.29. The second kappa shape index (κ2) is 4.83. The molecule has 0 unspecified atom stereocenters. The fraction of sp³-hybridized carbons (Fsp3) is 0.950. The first-order chi connectivity index (χ1) is 11.0. The SMILES string of the molecule is CC1(C)C(=O)CC[C@]2(C)[C@@H]1CC[C@]1(C)O[C@@](C)([C@@H]3CO3)[C@H](O)C[C@@H]21. The third kappa shape index (κ3) is 2.05. The maximum absolute atomic E-state index is 12.5. The second-order valence-corrected chi connectivity index (χ2v) is 9.97. The number of aliphatic hydroxyl groups excluding tert-OH is 1. The molecule has 0 amide bonds. The third-order valence-electron chi connectivity index (χ3n) is 8.29. The molecule has 4 heteroatoms. The molecule has 1 N–H and O–H groups in total. The zero-order valence-corrected chi connectivity index (χ0v) is 15.7. The number of carbonyl (C=O) groups is 1. The van der Waals surface area contributed by atoms with Gasteiger partial charge in [-0.15, -0.1) is 0 Å². The Hall–Kier alpha value is -0.450. The van der Waals surface area contributed by atoms with Crippen molar-refractivity contribution in [2.45, 2.75) is 90.1 Å².